The van der Waals surface area contributed by atoms with Gasteiger partial charge in [-0.15, -0.1) is 0 Å². The number of pyridine rings is 1. The standard InChI is InChI=1S/C17H26N4O/c22-17(21-12-15-6-10-19-11-16(15)13-21)20-7-2-1-3-14-4-8-18-9-5-14/h6,10-11,14,18H,1-5,7-9,12-13H2,(H,20,22). The Morgan fingerprint density at radius 2 is 2.09 bits per heavy atom. The van der Waals surface area contributed by atoms with E-state index >= 15 is 0 Å². The van der Waals surface area contributed by atoms with Crippen molar-refractivity contribution in [1.82, 2.24) is 20.5 Å². The van der Waals surface area contributed by atoms with Gasteiger partial charge in [0.05, 0.1) is 0 Å². The molecule has 0 atom stereocenters. The Morgan fingerprint density at radius 1 is 1.27 bits per heavy atom. The van der Waals surface area contributed by atoms with Gasteiger partial charge < -0.3 is 15.5 Å². The highest BCUT2D eigenvalue weighted by molar-refractivity contribution is 5.74. The number of urea groups is 1. The van der Waals surface area contributed by atoms with Crippen LogP contribution in [-0.4, -0.2) is 35.5 Å². The minimum absolute atomic E-state index is 0.0538. The van der Waals surface area contributed by atoms with Gasteiger partial charge in [0.25, 0.3) is 0 Å². The third-order valence-corrected chi connectivity index (χ3v) is 4.79. The quantitative estimate of drug-likeness (QED) is 0.820. The summed E-state index contributed by atoms with van der Waals surface area (Å²) in [6.07, 6.45) is 9.88. The van der Waals surface area contributed by atoms with Gasteiger partial charge in [0.15, 0.2) is 0 Å². The molecule has 0 spiro atoms. The summed E-state index contributed by atoms with van der Waals surface area (Å²) in [7, 11) is 0. The van der Waals surface area contributed by atoms with Crippen molar-refractivity contribution in [2.45, 2.75) is 45.2 Å². The van der Waals surface area contributed by atoms with Crippen molar-refractivity contribution in [3.05, 3.63) is 29.6 Å². The zero-order chi connectivity index (χ0) is 15.2. The van der Waals surface area contributed by atoms with E-state index in [1.807, 2.05) is 17.2 Å². The highest BCUT2D eigenvalue weighted by atomic mass is 16.2. The molecule has 22 heavy (non-hydrogen) atoms. The molecule has 2 aliphatic rings. The minimum Gasteiger partial charge on any atom is -0.338 e. The van der Waals surface area contributed by atoms with E-state index in [0.717, 1.165) is 18.9 Å². The molecule has 0 aliphatic carbocycles. The van der Waals surface area contributed by atoms with Crippen molar-refractivity contribution in [1.29, 1.82) is 0 Å². The zero-order valence-corrected chi connectivity index (χ0v) is 13.2. The molecular weight excluding hydrogens is 276 g/mol. The summed E-state index contributed by atoms with van der Waals surface area (Å²) in [6.45, 7) is 4.52. The first-order valence-electron chi connectivity index (χ1n) is 8.48. The fourth-order valence-electron chi connectivity index (χ4n) is 3.40. The highest BCUT2D eigenvalue weighted by Gasteiger charge is 2.22. The number of unbranched alkanes of at least 4 members (excludes halogenated alkanes) is 1. The molecule has 0 aromatic carbocycles. The van der Waals surface area contributed by atoms with Crippen molar-refractivity contribution < 1.29 is 4.79 Å². The van der Waals surface area contributed by atoms with Gasteiger partial charge in [-0.25, -0.2) is 4.79 Å². The number of aromatic nitrogens is 1. The molecule has 2 N–H and O–H groups in total. The molecule has 3 heterocycles. The van der Waals surface area contributed by atoms with Gasteiger partial charge in [-0.3, -0.25) is 4.98 Å². The van der Waals surface area contributed by atoms with E-state index in [9.17, 15) is 4.79 Å². The lowest BCUT2D eigenvalue weighted by Gasteiger charge is -2.22. The van der Waals surface area contributed by atoms with Gasteiger partial charge in [-0.05, 0) is 55.5 Å². The monoisotopic (exact) mass is 302 g/mol. The van der Waals surface area contributed by atoms with E-state index in [2.05, 4.69) is 15.6 Å². The lowest BCUT2D eigenvalue weighted by Crippen LogP contribution is -2.37. The topological polar surface area (TPSA) is 57.3 Å². The van der Waals surface area contributed by atoms with Crippen LogP contribution in [0.3, 0.4) is 0 Å². The summed E-state index contributed by atoms with van der Waals surface area (Å²) in [5.41, 5.74) is 2.39. The average Bonchev–Trinajstić information content (AvgIpc) is 2.99. The number of nitrogens with zero attached hydrogens (tertiary/aromatic N) is 2. The first kappa shape index (κ1) is 15.3. The van der Waals surface area contributed by atoms with Gasteiger partial charge in [0, 0.05) is 32.0 Å². The lowest BCUT2D eigenvalue weighted by atomic mass is 9.92. The smallest absolute Gasteiger partial charge is 0.318 e. The maximum Gasteiger partial charge on any atom is 0.318 e. The lowest BCUT2D eigenvalue weighted by molar-refractivity contribution is 0.198. The highest BCUT2D eigenvalue weighted by Crippen LogP contribution is 2.21. The van der Waals surface area contributed by atoms with Crippen LogP contribution in [0.5, 0.6) is 0 Å². The molecule has 1 aromatic heterocycles. The normalized spacial score (nSPS) is 18.3. The molecule has 1 aromatic rings. The molecule has 0 radical (unpaired) electrons. The number of rotatable bonds is 5. The molecule has 2 aliphatic heterocycles. The third-order valence-electron chi connectivity index (χ3n) is 4.79. The molecule has 3 rings (SSSR count). The molecule has 1 fully saturated rings. The van der Waals surface area contributed by atoms with E-state index in [1.165, 1.54) is 49.9 Å². The van der Waals surface area contributed by atoms with Crippen LogP contribution in [0.4, 0.5) is 4.79 Å². The van der Waals surface area contributed by atoms with Crippen LogP contribution >= 0.6 is 0 Å². The first-order chi connectivity index (χ1) is 10.8. The summed E-state index contributed by atoms with van der Waals surface area (Å²) < 4.78 is 0. The van der Waals surface area contributed by atoms with Crippen LogP contribution in [-0.2, 0) is 13.1 Å². The van der Waals surface area contributed by atoms with Crippen molar-refractivity contribution in [3.63, 3.8) is 0 Å². The summed E-state index contributed by atoms with van der Waals surface area (Å²) in [5, 5.41) is 6.45. The maximum atomic E-state index is 12.2. The zero-order valence-electron chi connectivity index (χ0n) is 13.2. The van der Waals surface area contributed by atoms with Gasteiger partial charge >= 0.3 is 6.03 Å². The van der Waals surface area contributed by atoms with Crippen molar-refractivity contribution in [3.8, 4) is 0 Å². The fourth-order valence-corrected chi connectivity index (χ4v) is 3.40. The molecule has 0 saturated carbocycles. The van der Waals surface area contributed by atoms with E-state index in [-0.39, 0.29) is 6.03 Å². The molecule has 5 nitrogen and oxygen atoms in total. The van der Waals surface area contributed by atoms with E-state index in [4.69, 9.17) is 0 Å². The van der Waals surface area contributed by atoms with E-state index < -0.39 is 0 Å². The number of amides is 2. The van der Waals surface area contributed by atoms with Crippen LogP contribution in [0.2, 0.25) is 0 Å². The molecule has 0 unspecified atom stereocenters. The number of hydrogen-bond donors (Lipinski definition) is 2. The Balaban J connectivity index is 1.30. The van der Waals surface area contributed by atoms with Crippen LogP contribution < -0.4 is 10.6 Å². The third kappa shape index (κ3) is 3.97. The predicted molar refractivity (Wildman–Crippen MR) is 86.3 cm³/mol. The Morgan fingerprint density at radius 3 is 2.91 bits per heavy atom. The van der Waals surface area contributed by atoms with E-state index in [0.29, 0.717) is 13.1 Å². The molecule has 5 heteroatoms. The second-order valence-corrected chi connectivity index (χ2v) is 6.42. The van der Waals surface area contributed by atoms with Crippen LogP contribution in [0.15, 0.2) is 18.5 Å². The molecule has 0 bridgehead atoms. The SMILES string of the molecule is O=C(NCCCCC1CCNCC1)N1Cc2ccncc2C1. The second kappa shape index (κ2) is 7.58. The minimum atomic E-state index is 0.0538. The van der Waals surface area contributed by atoms with Crippen LogP contribution in [0.1, 0.15) is 43.2 Å². The van der Waals surface area contributed by atoms with Gasteiger partial charge in [0.1, 0.15) is 0 Å². The maximum absolute atomic E-state index is 12.2. The van der Waals surface area contributed by atoms with Gasteiger partial charge in [-0.2, -0.15) is 0 Å². The van der Waals surface area contributed by atoms with E-state index in [1.54, 1.807) is 6.20 Å². The van der Waals surface area contributed by atoms with Crippen molar-refractivity contribution in [2.24, 2.45) is 5.92 Å². The summed E-state index contributed by atoms with van der Waals surface area (Å²) in [5.74, 6) is 0.887. The fraction of sp³-hybridized carbons (Fsp3) is 0.647. The molecule has 1 saturated heterocycles. The first-order valence-corrected chi connectivity index (χ1v) is 8.48. The van der Waals surface area contributed by atoms with Crippen molar-refractivity contribution in [2.75, 3.05) is 19.6 Å². The average molecular weight is 302 g/mol. The number of hydrogen-bond acceptors (Lipinski definition) is 3. The van der Waals surface area contributed by atoms with Gasteiger partial charge in [-0.1, -0.05) is 12.8 Å². The Labute approximate surface area is 132 Å². The summed E-state index contributed by atoms with van der Waals surface area (Å²) >= 11 is 0. The second-order valence-electron chi connectivity index (χ2n) is 6.42. The Kier molecular flexibility index (Phi) is 5.27. The molecular formula is C17H26N4O. The summed E-state index contributed by atoms with van der Waals surface area (Å²) in [4.78, 5) is 18.1. The van der Waals surface area contributed by atoms with Gasteiger partial charge in [0.2, 0.25) is 0 Å². The number of carbonyl (C=O) groups is 1. The van der Waals surface area contributed by atoms with Crippen LogP contribution in [0.25, 0.3) is 0 Å². The Hall–Kier alpha value is -1.62. The number of piperidine rings is 1. The largest absolute Gasteiger partial charge is 0.338 e. The Bertz CT molecular complexity index is 474. The summed E-state index contributed by atoms with van der Waals surface area (Å²) in [6, 6.07) is 2.06. The number of nitrogens with one attached hydrogen (secondary N) is 2. The number of carbonyl (C=O) groups excluding carboxylic acids is 1. The van der Waals surface area contributed by atoms with Crippen LogP contribution in [0, 0.1) is 5.92 Å². The number of fused-ring (bicyclic) bond motifs is 1. The van der Waals surface area contributed by atoms with Crippen molar-refractivity contribution >= 4 is 6.03 Å². The molecule has 2 amide bonds. The molecule has 120 valence electrons. The predicted octanol–water partition coefficient (Wildman–Crippen LogP) is 2.28.